The van der Waals surface area contributed by atoms with E-state index < -0.39 is 12.0 Å². The minimum absolute atomic E-state index is 0.0658. The highest BCUT2D eigenvalue weighted by molar-refractivity contribution is 5.75. The van der Waals surface area contributed by atoms with E-state index in [2.05, 4.69) is 6.72 Å². The van der Waals surface area contributed by atoms with Crippen LogP contribution in [0.25, 0.3) is 0 Å². The van der Waals surface area contributed by atoms with Crippen LogP contribution in [0.3, 0.4) is 0 Å². The van der Waals surface area contributed by atoms with E-state index in [0.717, 1.165) is 5.56 Å². The van der Waals surface area contributed by atoms with Gasteiger partial charge >= 0.3 is 11.9 Å². The molecule has 0 saturated heterocycles. The number of hydrogen-bond acceptors (Lipinski definition) is 5. The summed E-state index contributed by atoms with van der Waals surface area (Å²) in [5, 5.41) is 11.2. The minimum Gasteiger partial charge on any atom is -0.624 e. The lowest BCUT2D eigenvalue weighted by Crippen LogP contribution is -2.36. The largest absolute Gasteiger partial charge is 0.624 e. The first kappa shape index (κ1) is 18.7. The van der Waals surface area contributed by atoms with Gasteiger partial charge < -0.3 is 14.7 Å². The second kappa shape index (κ2) is 9.61. The van der Waals surface area contributed by atoms with Crippen LogP contribution < -0.4 is 0 Å². The molecule has 0 aliphatic rings. The summed E-state index contributed by atoms with van der Waals surface area (Å²) in [4.78, 5) is 23.3. The molecule has 1 rings (SSSR count). The molecule has 0 spiro atoms. The Balaban J connectivity index is 2.22. The lowest BCUT2D eigenvalue weighted by atomic mass is 10.1. The van der Waals surface area contributed by atoms with Crippen LogP contribution in [-0.4, -0.2) is 36.0 Å². The zero-order chi connectivity index (χ0) is 17.2. The van der Waals surface area contributed by atoms with Crippen molar-refractivity contribution < 1.29 is 23.8 Å². The zero-order valence-electron chi connectivity index (χ0n) is 13.6. The molecule has 6 nitrogen and oxygen atoms in total. The topological polar surface area (TPSA) is 78.7 Å². The maximum Gasteiger partial charge on any atom is 0.376 e. The Kier molecular flexibility index (Phi) is 7.80. The molecule has 0 N–H and O–H groups in total. The summed E-state index contributed by atoms with van der Waals surface area (Å²) in [5.41, 5.74) is 0.915. The molecule has 1 atom stereocenters. The highest BCUT2D eigenvalue weighted by Crippen LogP contribution is 2.08. The molecular formula is C17H23NO5. The fourth-order valence-electron chi connectivity index (χ4n) is 2.01. The fraction of sp³-hybridized carbons (Fsp3) is 0.471. The van der Waals surface area contributed by atoms with E-state index in [0.29, 0.717) is 11.2 Å². The Morgan fingerprint density at radius 2 is 1.87 bits per heavy atom. The number of rotatable bonds is 9. The van der Waals surface area contributed by atoms with Crippen LogP contribution in [-0.2, 0) is 25.7 Å². The highest BCUT2D eigenvalue weighted by Gasteiger charge is 2.30. The number of hydroxylamine groups is 1. The standard InChI is InChI=1S/C17H23NO5/c1-13(2)16(18(3)21)17(20)22-11-7-10-15(19)23-12-14-8-5-4-6-9-14/h4-6,8-9,13,16H,3,7,10-12H2,1-2H3/t16-/m0/s1. The van der Waals surface area contributed by atoms with Crippen molar-refractivity contribution in [3.8, 4) is 0 Å². The van der Waals surface area contributed by atoms with Gasteiger partial charge in [-0.1, -0.05) is 44.2 Å². The van der Waals surface area contributed by atoms with Crippen molar-refractivity contribution in [3.63, 3.8) is 0 Å². The van der Waals surface area contributed by atoms with Crippen molar-refractivity contribution >= 4 is 18.7 Å². The number of nitrogens with zero attached hydrogens (tertiary/aromatic N) is 1. The van der Waals surface area contributed by atoms with E-state index in [1.165, 1.54) is 0 Å². The molecule has 0 amide bonds. The van der Waals surface area contributed by atoms with Gasteiger partial charge in [-0.15, -0.1) is 0 Å². The summed E-state index contributed by atoms with van der Waals surface area (Å²) in [6, 6.07) is 8.44. The Bertz CT molecular complexity index is 527. The molecule has 1 aromatic carbocycles. The SMILES string of the molecule is C=[N+]([O-])[C@H](C(=O)OCCCC(=O)OCc1ccccc1)C(C)C. The molecule has 1 aromatic rings. The minimum atomic E-state index is -0.931. The van der Waals surface area contributed by atoms with Gasteiger partial charge in [0.05, 0.1) is 6.61 Å². The molecule has 0 aliphatic carbocycles. The summed E-state index contributed by atoms with van der Waals surface area (Å²) >= 11 is 0. The molecule has 0 heterocycles. The van der Waals surface area contributed by atoms with E-state index >= 15 is 0 Å². The van der Waals surface area contributed by atoms with Crippen molar-refractivity contribution in [1.82, 2.24) is 0 Å². The first-order chi connectivity index (χ1) is 10.9. The second-order valence-corrected chi connectivity index (χ2v) is 5.52. The van der Waals surface area contributed by atoms with Crippen LogP contribution in [0.5, 0.6) is 0 Å². The lowest BCUT2D eigenvalue weighted by Gasteiger charge is -2.17. The fourth-order valence-corrected chi connectivity index (χ4v) is 2.01. The van der Waals surface area contributed by atoms with Gasteiger partial charge in [-0.25, -0.2) is 9.53 Å². The van der Waals surface area contributed by atoms with E-state index in [9.17, 15) is 14.8 Å². The summed E-state index contributed by atoms with van der Waals surface area (Å²) in [7, 11) is 0. The van der Waals surface area contributed by atoms with Gasteiger partial charge in [-0.2, -0.15) is 0 Å². The Morgan fingerprint density at radius 3 is 2.43 bits per heavy atom. The summed E-state index contributed by atoms with van der Waals surface area (Å²) in [6.45, 7) is 6.96. The number of esters is 2. The first-order valence-electron chi connectivity index (χ1n) is 7.55. The Hall–Kier alpha value is -2.37. The van der Waals surface area contributed by atoms with Gasteiger partial charge in [0, 0.05) is 12.3 Å². The predicted octanol–water partition coefficient (Wildman–Crippen LogP) is 2.29. The number of hydrogen-bond donors (Lipinski definition) is 0. The summed E-state index contributed by atoms with van der Waals surface area (Å²) < 4.78 is 10.5. The third-order valence-corrected chi connectivity index (χ3v) is 3.20. The highest BCUT2D eigenvalue weighted by atomic mass is 16.5. The molecular weight excluding hydrogens is 298 g/mol. The Morgan fingerprint density at radius 1 is 1.22 bits per heavy atom. The van der Waals surface area contributed by atoms with E-state index in [1.807, 2.05) is 30.3 Å². The van der Waals surface area contributed by atoms with E-state index in [4.69, 9.17) is 9.47 Å². The number of carbonyl (C=O) groups excluding carboxylic acids is 2. The Labute approximate surface area is 136 Å². The quantitative estimate of drug-likeness (QED) is 0.174. The van der Waals surface area contributed by atoms with Crippen molar-refractivity contribution in [3.05, 3.63) is 41.1 Å². The number of benzene rings is 1. The van der Waals surface area contributed by atoms with Gasteiger partial charge in [-0.3, -0.25) is 4.79 Å². The first-order valence-corrected chi connectivity index (χ1v) is 7.55. The van der Waals surface area contributed by atoms with Crippen molar-refractivity contribution in [1.29, 1.82) is 0 Å². The molecule has 0 radical (unpaired) electrons. The van der Waals surface area contributed by atoms with Crippen molar-refractivity contribution in [2.75, 3.05) is 6.61 Å². The molecule has 6 heteroatoms. The summed E-state index contributed by atoms with van der Waals surface area (Å²) in [5.74, 6) is -1.18. The van der Waals surface area contributed by atoms with Gasteiger partial charge in [-0.05, 0) is 12.0 Å². The van der Waals surface area contributed by atoms with Gasteiger partial charge in [0.25, 0.3) is 6.04 Å². The maximum absolute atomic E-state index is 11.8. The van der Waals surface area contributed by atoms with Crippen LogP contribution in [0.4, 0.5) is 0 Å². The van der Waals surface area contributed by atoms with Gasteiger partial charge in [0.1, 0.15) is 13.3 Å². The number of carbonyl (C=O) groups is 2. The molecule has 0 aromatic heterocycles. The predicted molar refractivity (Wildman–Crippen MR) is 85.8 cm³/mol. The molecule has 0 unspecified atom stereocenters. The normalized spacial score (nSPS) is 11.8. The van der Waals surface area contributed by atoms with E-state index in [1.54, 1.807) is 13.8 Å². The average molecular weight is 321 g/mol. The lowest BCUT2D eigenvalue weighted by molar-refractivity contribution is -0.489. The molecule has 0 bridgehead atoms. The van der Waals surface area contributed by atoms with Crippen LogP contribution in [0.1, 0.15) is 32.3 Å². The zero-order valence-corrected chi connectivity index (χ0v) is 13.6. The van der Waals surface area contributed by atoms with Crippen LogP contribution in [0.15, 0.2) is 30.3 Å². The second-order valence-electron chi connectivity index (χ2n) is 5.52. The van der Waals surface area contributed by atoms with Crippen LogP contribution in [0, 0.1) is 11.1 Å². The van der Waals surface area contributed by atoms with E-state index in [-0.39, 0.29) is 31.5 Å². The molecule has 126 valence electrons. The molecule has 23 heavy (non-hydrogen) atoms. The molecule has 0 aliphatic heterocycles. The van der Waals surface area contributed by atoms with Crippen LogP contribution >= 0.6 is 0 Å². The monoisotopic (exact) mass is 321 g/mol. The van der Waals surface area contributed by atoms with Gasteiger partial charge in [0.15, 0.2) is 0 Å². The summed E-state index contributed by atoms with van der Waals surface area (Å²) in [6.07, 6.45) is 0.498. The number of ether oxygens (including phenoxy) is 2. The van der Waals surface area contributed by atoms with Crippen LogP contribution in [0.2, 0.25) is 0 Å². The third kappa shape index (κ3) is 6.95. The smallest absolute Gasteiger partial charge is 0.376 e. The maximum atomic E-state index is 11.8. The van der Waals surface area contributed by atoms with Gasteiger partial charge in [0.2, 0.25) is 0 Å². The average Bonchev–Trinajstić information content (AvgIpc) is 2.50. The molecule has 0 fully saturated rings. The van der Waals surface area contributed by atoms with Crippen molar-refractivity contribution in [2.45, 2.75) is 39.3 Å². The third-order valence-electron chi connectivity index (χ3n) is 3.20. The molecule has 0 saturated carbocycles. The van der Waals surface area contributed by atoms with Crippen molar-refractivity contribution in [2.24, 2.45) is 5.92 Å².